The zero-order valence-electron chi connectivity index (χ0n) is 19.5. The van der Waals surface area contributed by atoms with Gasteiger partial charge in [0.05, 0.1) is 11.4 Å². The first-order valence-electron chi connectivity index (χ1n) is 9.10. The number of thioether (sulfide) groups is 2. The van der Waals surface area contributed by atoms with Gasteiger partial charge in [0.25, 0.3) is 0 Å². The molecule has 9 nitrogen and oxygen atoms in total. The number of amides is 2. The Bertz CT molecular complexity index is 628. The second-order valence-electron chi connectivity index (χ2n) is 8.38. The van der Waals surface area contributed by atoms with Crippen LogP contribution in [-0.4, -0.2) is 74.5 Å². The first kappa shape index (κ1) is 28.7. The maximum atomic E-state index is 12.5. The van der Waals surface area contributed by atoms with Crippen LogP contribution in [-0.2, 0) is 20.8 Å². The largest absolute Gasteiger partial charge is 0.449 e. The van der Waals surface area contributed by atoms with Crippen LogP contribution in [0, 0.1) is 10.8 Å². The highest BCUT2D eigenvalue weighted by Crippen LogP contribution is 2.20. The summed E-state index contributed by atoms with van der Waals surface area (Å²) in [7, 11) is 2.47. The van der Waals surface area contributed by atoms with Gasteiger partial charge >= 0.3 is 12.2 Å². The van der Waals surface area contributed by atoms with E-state index in [2.05, 4.69) is 10.3 Å². The summed E-state index contributed by atoms with van der Waals surface area (Å²) in [6, 6.07) is 0. The number of hydrogen-bond acceptors (Lipinski definition) is 9. The van der Waals surface area contributed by atoms with Gasteiger partial charge in [-0.2, -0.15) is 23.5 Å². The average Bonchev–Trinajstić information content (AvgIpc) is 2.64. The number of carbonyl (C=O) groups excluding carboxylic acids is 2. The summed E-state index contributed by atoms with van der Waals surface area (Å²) >= 11 is 0.911. The third-order valence-corrected chi connectivity index (χ3v) is 6.10. The third kappa shape index (κ3) is 9.69. The number of nitrogens with zero attached hydrogens (tertiary/aromatic N) is 4. The molecule has 0 fully saturated rings. The molecule has 0 atom stereocenters. The molecule has 0 saturated carbocycles. The van der Waals surface area contributed by atoms with E-state index in [1.807, 2.05) is 54.1 Å². The summed E-state index contributed by atoms with van der Waals surface area (Å²) in [5, 5.41) is 7.82. The maximum Gasteiger partial charge on any atom is 0.449 e. The lowest BCUT2D eigenvalue weighted by molar-refractivity contribution is 0.127. The highest BCUT2D eigenvalue weighted by atomic mass is 32.2. The lowest BCUT2D eigenvalue weighted by atomic mass is 9.91. The van der Waals surface area contributed by atoms with Gasteiger partial charge in [-0.25, -0.2) is 22.4 Å². The quantitative estimate of drug-likeness (QED) is 0.290. The molecule has 0 aliphatic carbocycles. The van der Waals surface area contributed by atoms with E-state index in [0.717, 1.165) is 8.61 Å². The van der Waals surface area contributed by atoms with E-state index < -0.39 is 23.4 Å². The van der Waals surface area contributed by atoms with Gasteiger partial charge in [-0.1, -0.05) is 51.9 Å². The molecular weight excluding hydrogens is 448 g/mol. The smallest absolute Gasteiger partial charge is 0.297 e. The maximum absolute atomic E-state index is 12.5. The molecule has 0 aliphatic heterocycles. The molecule has 0 N–H and O–H groups in total. The molecule has 0 aliphatic rings. The SMILES string of the molecule is CSCC(=NOC(=O)N(C)S(=O)N(C)C(=O)ON=C(CSC)C(C)(C)C)C(C)(C)C. The van der Waals surface area contributed by atoms with Crippen LogP contribution in [0.2, 0.25) is 0 Å². The van der Waals surface area contributed by atoms with Crippen molar-refractivity contribution in [2.45, 2.75) is 41.5 Å². The Kier molecular flexibility index (Phi) is 12.0. The standard InChI is InChI=1S/C18H34N4O5S3/c1-17(2,3)13(11-28-9)19-26-15(23)21(7)30(25)22(8)16(24)27-20-14(12-29-10)18(4,5)6/h11-12H2,1-10H3. The minimum absolute atomic E-state index is 0.291. The molecule has 0 bridgehead atoms. The summed E-state index contributed by atoms with van der Waals surface area (Å²) in [6.07, 6.45) is 1.91. The van der Waals surface area contributed by atoms with Crippen molar-refractivity contribution in [2.75, 3.05) is 38.1 Å². The lowest BCUT2D eigenvalue weighted by Crippen LogP contribution is -2.41. The second kappa shape index (κ2) is 12.6. The summed E-state index contributed by atoms with van der Waals surface area (Å²) < 4.78 is 14.0. The minimum Gasteiger partial charge on any atom is -0.297 e. The number of hydrogen-bond donors (Lipinski definition) is 0. The number of oxime groups is 2. The molecular formula is C18H34N4O5S3. The molecule has 0 aromatic carbocycles. The fourth-order valence-corrected chi connectivity index (χ4v) is 3.85. The van der Waals surface area contributed by atoms with Crippen LogP contribution in [0.5, 0.6) is 0 Å². The van der Waals surface area contributed by atoms with Crippen molar-refractivity contribution in [1.29, 1.82) is 0 Å². The van der Waals surface area contributed by atoms with Crippen LogP contribution in [0.3, 0.4) is 0 Å². The Labute approximate surface area is 191 Å². The van der Waals surface area contributed by atoms with E-state index in [1.165, 1.54) is 14.1 Å². The van der Waals surface area contributed by atoms with Gasteiger partial charge in [-0.05, 0) is 12.5 Å². The highest BCUT2D eigenvalue weighted by molar-refractivity contribution is 7.99. The van der Waals surface area contributed by atoms with Gasteiger partial charge < -0.3 is 0 Å². The fraction of sp³-hybridized carbons (Fsp3) is 0.778. The fourth-order valence-electron chi connectivity index (χ4n) is 1.65. The predicted octanol–water partition coefficient (Wildman–Crippen LogP) is 4.23. The third-order valence-electron chi connectivity index (χ3n) is 3.74. The van der Waals surface area contributed by atoms with Crippen molar-refractivity contribution >= 4 is 58.3 Å². The first-order valence-corrected chi connectivity index (χ1v) is 13.0. The molecule has 0 unspecified atom stereocenters. The van der Waals surface area contributed by atoms with E-state index in [1.54, 1.807) is 23.5 Å². The normalized spacial score (nSPS) is 14.2. The van der Waals surface area contributed by atoms with Gasteiger partial charge in [0.2, 0.25) is 11.2 Å². The Morgan fingerprint density at radius 2 is 1.10 bits per heavy atom. The van der Waals surface area contributed by atoms with Crippen LogP contribution in [0.15, 0.2) is 10.3 Å². The van der Waals surface area contributed by atoms with Gasteiger partial charge in [0.1, 0.15) is 0 Å². The van der Waals surface area contributed by atoms with Crippen LogP contribution in [0.4, 0.5) is 9.59 Å². The van der Waals surface area contributed by atoms with Crippen molar-refractivity contribution in [3.05, 3.63) is 0 Å². The van der Waals surface area contributed by atoms with E-state index in [9.17, 15) is 13.8 Å². The van der Waals surface area contributed by atoms with Crippen molar-refractivity contribution in [1.82, 2.24) is 8.61 Å². The molecule has 2 amide bonds. The van der Waals surface area contributed by atoms with Gasteiger partial charge in [0, 0.05) is 36.4 Å². The van der Waals surface area contributed by atoms with E-state index in [-0.39, 0.29) is 10.8 Å². The number of carbonyl (C=O) groups is 2. The Balaban J connectivity index is 5.15. The van der Waals surface area contributed by atoms with E-state index in [4.69, 9.17) is 9.68 Å². The zero-order chi connectivity index (χ0) is 23.7. The van der Waals surface area contributed by atoms with Crippen molar-refractivity contribution < 1.29 is 23.5 Å². The van der Waals surface area contributed by atoms with Crippen molar-refractivity contribution in [3.8, 4) is 0 Å². The topological polar surface area (TPSA) is 101 Å². The van der Waals surface area contributed by atoms with E-state index >= 15 is 0 Å². The molecule has 30 heavy (non-hydrogen) atoms. The van der Waals surface area contributed by atoms with Crippen LogP contribution >= 0.6 is 23.5 Å². The second-order valence-corrected chi connectivity index (χ2v) is 11.7. The van der Waals surface area contributed by atoms with Gasteiger partial charge in [-0.3, -0.25) is 9.68 Å². The van der Waals surface area contributed by atoms with Gasteiger partial charge in [0.15, 0.2) is 0 Å². The minimum atomic E-state index is -2.18. The zero-order valence-corrected chi connectivity index (χ0v) is 21.9. The summed E-state index contributed by atoms with van der Waals surface area (Å²) in [5.74, 6) is 1.17. The summed E-state index contributed by atoms with van der Waals surface area (Å²) in [4.78, 5) is 34.3. The van der Waals surface area contributed by atoms with Crippen LogP contribution in [0.25, 0.3) is 0 Å². The number of rotatable bonds is 8. The molecule has 0 spiro atoms. The monoisotopic (exact) mass is 482 g/mol. The molecule has 0 aromatic heterocycles. The molecule has 0 radical (unpaired) electrons. The van der Waals surface area contributed by atoms with Crippen LogP contribution in [0.1, 0.15) is 41.5 Å². The molecule has 12 heteroatoms. The molecule has 0 saturated heterocycles. The molecule has 0 aromatic rings. The Morgan fingerprint density at radius 1 is 0.800 bits per heavy atom. The van der Waals surface area contributed by atoms with Gasteiger partial charge in [-0.15, -0.1) is 0 Å². The summed E-state index contributed by atoms with van der Waals surface area (Å²) in [5.41, 5.74) is 0.767. The predicted molar refractivity (Wildman–Crippen MR) is 127 cm³/mol. The van der Waals surface area contributed by atoms with Crippen LogP contribution < -0.4 is 0 Å². The lowest BCUT2D eigenvalue weighted by Gasteiger charge is -2.22. The first-order chi connectivity index (χ1) is 13.7. The molecule has 174 valence electrons. The van der Waals surface area contributed by atoms with E-state index in [0.29, 0.717) is 22.9 Å². The average molecular weight is 483 g/mol. The van der Waals surface area contributed by atoms with Crippen molar-refractivity contribution in [3.63, 3.8) is 0 Å². The Morgan fingerprint density at radius 3 is 1.33 bits per heavy atom. The van der Waals surface area contributed by atoms with Crippen molar-refractivity contribution in [2.24, 2.45) is 21.1 Å². The highest BCUT2D eigenvalue weighted by Gasteiger charge is 2.28. The summed E-state index contributed by atoms with van der Waals surface area (Å²) in [6.45, 7) is 11.7. The molecule has 0 rings (SSSR count). The Hall–Kier alpha value is -1.27. The molecule has 0 heterocycles.